The van der Waals surface area contributed by atoms with Crippen LogP contribution in [0.3, 0.4) is 0 Å². The first-order valence-electron chi connectivity index (χ1n) is 9.38. The highest BCUT2D eigenvalue weighted by Gasteiger charge is 2.36. The summed E-state index contributed by atoms with van der Waals surface area (Å²) < 4.78 is 12.5. The van der Waals surface area contributed by atoms with Gasteiger partial charge in [0.25, 0.3) is 5.56 Å². The van der Waals surface area contributed by atoms with Gasteiger partial charge in [-0.25, -0.2) is 4.68 Å². The number of rotatable bonds is 4. The van der Waals surface area contributed by atoms with Gasteiger partial charge in [-0.3, -0.25) is 9.59 Å². The summed E-state index contributed by atoms with van der Waals surface area (Å²) in [6.07, 6.45) is 2.47. The number of benzene rings is 1. The van der Waals surface area contributed by atoms with E-state index in [9.17, 15) is 9.59 Å². The Bertz CT molecular complexity index is 846. The number of hydrogen-bond acceptors (Lipinski definition) is 5. The fourth-order valence-electron chi connectivity index (χ4n) is 3.69. The standard InChI is InChI=1S/C20H23N3O4/c24-18-10-9-16(15-6-2-1-3-7-15)21-23(18)14-19(25)22-11-5-4-8-17(22)20-26-12-13-27-20/h1-3,6-7,9-10,17,20H,4-5,8,11-14H2. The molecule has 0 aliphatic carbocycles. The minimum Gasteiger partial charge on any atom is -0.348 e. The molecule has 0 saturated carbocycles. The Kier molecular flexibility index (Phi) is 5.31. The second-order valence-electron chi connectivity index (χ2n) is 6.84. The molecule has 2 aromatic rings. The molecule has 2 aliphatic rings. The molecular formula is C20H23N3O4. The summed E-state index contributed by atoms with van der Waals surface area (Å²) in [5, 5.41) is 4.39. The second kappa shape index (κ2) is 8.02. The lowest BCUT2D eigenvalue weighted by molar-refractivity contribution is -0.151. The van der Waals surface area contributed by atoms with Crippen molar-refractivity contribution >= 4 is 5.91 Å². The Labute approximate surface area is 157 Å². The van der Waals surface area contributed by atoms with Crippen LogP contribution < -0.4 is 5.56 Å². The van der Waals surface area contributed by atoms with Crippen LogP contribution in [-0.4, -0.2) is 52.7 Å². The number of likely N-dealkylation sites (tertiary alicyclic amines) is 1. The second-order valence-corrected chi connectivity index (χ2v) is 6.84. The van der Waals surface area contributed by atoms with E-state index in [0.717, 1.165) is 24.8 Å². The molecule has 4 rings (SSSR count). The smallest absolute Gasteiger partial charge is 0.267 e. The van der Waals surface area contributed by atoms with Crippen molar-refractivity contribution in [1.82, 2.24) is 14.7 Å². The number of carbonyl (C=O) groups is 1. The maximum absolute atomic E-state index is 12.9. The largest absolute Gasteiger partial charge is 0.348 e. The van der Waals surface area contributed by atoms with Gasteiger partial charge < -0.3 is 14.4 Å². The summed E-state index contributed by atoms with van der Waals surface area (Å²) in [5.74, 6) is -0.126. The summed E-state index contributed by atoms with van der Waals surface area (Å²) in [6.45, 7) is 1.69. The third-order valence-electron chi connectivity index (χ3n) is 5.05. The number of hydrogen-bond donors (Lipinski definition) is 0. The Balaban J connectivity index is 1.54. The average Bonchev–Trinajstić information content (AvgIpc) is 3.25. The third-order valence-corrected chi connectivity index (χ3v) is 5.05. The number of aromatic nitrogens is 2. The molecule has 3 heterocycles. The zero-order chi connectivity index (χ0) is 18.6. The van der Waals surface area contributed by atoms with E-state index in [2.05, 4.69) is 5.10 Å². The van der Waals surface area contributed by atoms with E-state index in [-0.39, 0.29) is 30.3 Å². The number of carbonyl (C=O) groups excluding carboxylic acids is 1. The van der Waals surface area contributed by atoms with Crippen molar-refractivity contribution in [1.29, 1.82) is 0 Å². The van der Waals surface area contributed by atoms with Gasteiger partial charge in [0.05, 0.1) is 24.9 Å². The van der Waals surface area contributed by atoms with Crippen molar-refractivity contribution < 1.29 is 14.3 Å². The van der Waals surface area contributed by atoms with Crippen molar-refractivity contribution in [3.05, 3.63) is 52.8 Å². The molecule has 1 amide bonds. The summed E-state index contributed by atoms with van der Waals surface area (Å²) in [6, 6.07) is 12.6. The molecule has 0 bridgehead atoms. The molecule has 2 fully saturated rings. The average molecular weight is 369 g/mol. The topological polar surface area (TPSA) is 73.7 Å². The molecule has 27 heavy (non-hydrogen) atoms. The highest BCUT2D eigenvalue weighted by atomic mass is 16.7. The molecular weight excluding hydrogens is 346 g/mol. The predicted molar refractivity (Wildman–Crippen MR) is 99.0 cm³/mol. The fraction of sp³-hybridized carbons (Fsp3) is 0.450. The van der Waals surface area contributed by atoms with Gasteiger partial charge in [-0.1, -0.05) is 30.3 Å². The van der Waals surface area contributed by atoms with Crippen molar-refractivity contribution in [2.24, 2.45) is 0 Å². The van der Waals surface area contributed by atoms with Crippen molar-refractivity contribution in [2.45, 2.75) is 38.1 Å². The zero-order valence-electron chi connectivity index (χ0n) is 15.1. The number of piperidine rings is 1. The van der Waals surface area contributed by atoms with E-state index in [0.29, 0.717) is 25.5 Å². The molecule has 2 aliphatic heterocycles. The van der Waals surface area contributed by atoms with Crippen LogP contribution in [0.1, 0.15) is 19.3 Å². The minimum absolute atomic E-state index is 0.0806. The molecule has 0 N–H and O–H groups in total. The summed E-state index contributed by atoms with van der Waals surface area (Å²) in [4.78, 5) is 27.0. The first-order valence-corrected chi connectivity index (χ1v) is 9.38. The molecule has 1 unspecified atom stereocenters. The van der Waals surface area contributed by atoms with Crippen molar-refractivity contribution in [2.75, 3.05) is 19.8 Å². The van der Waals surface area contributed by atoms with E-state index in [1.54, 1.807) is 11.0 Å². The Morgan fingerprint density at radius 2 is 1.85 bits per heavy atom. The van der Waals surface area contributed by atoms with Gasteiger partial charge in [0.2, 0.25) is 5.91 Å². The van der Waals surface area contributed by atoms with Crippen LogP contribution >= 0.6 is 0 Å². The van der Waals surface area contributed by atoms with Crippen LogP contribution in [0.25, 0.3) is 11.3 Å². The quantitative estimate of drug-likeness (QED) is 0.820. The highest BCUT2D eigenvalue weighted by molar-refractivity contribution is 5.76. The number of amides is 1. The summed E-state index contributed by atoms with van der Waals surface area (Å²) >= 11 is 0. The maximum atomic E-state index is 12.9. The minimum atomic E-state index is -0.366. The van der Waals surface area contributed by atoms with E-state index < -0.39 is 0 Å². The zero-order valence-corrected chi connectivity index (χ0v) is 15.1. The molecule has 2 saturated heterocycles. The van der Waals surface area contributed by atoms with Gasteiger partial charge in [-0.15, -0.1) is 0 Å². The Hall–Kier alpha value is -2.51. The van der Waals surface area contributed by atoms with Crippen LogP contribution in [0.15, 0.2) is 47.3 Å². The molecule has 7 nitrogen and oxygen atoms in total. The maximum Gasteiger partial charge on any atom is 0.267 e. The fourth-order valence-corrected chi connectivity index (χ4v) is 3.69. The van der Waals surface area contributed by atoms with Crippen LogP contribution in [0, 0.1) is 0 Å². The highest BCUT2D eigenvalue weighted by Crippen LogP contribution is 2.24. The van der Waals surface area contributed by atoms with Gasteiger partial charge >= 0.3 is 0 Å². The van der Waals surface area contributed by atoms with Crippen LogP contribution in [0.2, 0.25) is 0 Å². The Morgan fingerprint density at radius 3 is 2.63 bits per heavy atom. The Morgan fingerprint density at radius 1 is 1.07 bits per heavy atom. The summed E-state index contributed by atoms with van der Waals surface area (Å²) in [5.41, 5.74) is 1.29. The van der Waals surface area contributed by atoms with Crippen LogP contribution in [-0.2, 0) is 20.8 Å². The van der Waals surface area contributed by atoms with Gasteiger partial charge in [0, 0.05) is 18.2 Å². The molecule has 1 aromatic heterocycles. The van der Waals surface area contributed by atoms with Crippen LogP contribution in [0.5, 0.6) is 0 Å². The normalized spacial score (nSPS) is 20.7. The van der Waals surface area contributed by atoms with Gasteiger partial charge in [-0.2, -0.15) is 5.10 Å². The van der Waals surface area contributed by atoms with Crippen LogP contribution in [0.4, 0.5) is 0 Å². The van der Waals surface area contributed by atoms with Gasteiger partial charge in [0.15, 0.2) is 6.29 Å². The van der Waals surface area contributed by atoms with Crippen molar-refractivity contribution in [3.63, 3.8) is 0 Å². The van der Waals surface area contributed by atoms with E-state index in [4.69, 9.17) is 9.47 Å². The molecule has 1 aromatic carbocycles. The lowest BCUT2D eigenvalue weighted by Gasteiger charge is -2.38. The lowest BCUT2D eigenvalue weighted by Crippen LogP contribution is -2.51. The van der Waals surface area contributed by atoms with Crippen molar-refractivity contribution in [3.8, 4) is 11.3 Å². The van der Waals surface area contributed by atoms with E-state index in [1.165, 1.54) is 10.7 Å². The van der Waals surface area contributed by atoms with E-state index in [1.807, 2.05) is 30.3 Å². The number of nitrogens with zero attached hydrogens (tertiary/aromatic N) is 3. The first kappa shape index (κ1) is 17.9. The summed E-state index contributed by atoms with van der Waals surface area (Å²) in [7, 11) is 0. The number of ether oxygens (including phenoxy) is 2. The molecule has 142 valence electrons. The van der Waals surface area contributed by atoms with Gasteiger partial charge in [0.1, 0.15) is 6.54 Å². The third kappa shape index (κ3) is 3.94. The monoisotopic (exact) mass is 369 g/mol. The van der Waals surface area contributed by atoms with E-state index >= 15 is 0 Å². The SMILES string of the molecule is O=C(Cn1nc(-c2ccccc2)ccc1=O)N1CCCCC1C1OCCO1. The van der Waals surface area contributed by atoms with Gasteiger partial charge in [-0.05, 0) is 25.3 Å². The molecule has 0 spiro atoms. The lowest BCUT2D eigenvalue weighted by atomic mass is 10.0. The molecule has 0 radical (unpaired) electrons. The first-order chi connectivity index (χ1) is 13.2. The molecule has 7 heteroatoms. The predicted octanol–water partition coefficient (Wildman–Crippen LogP) is 1.66. The molecule has 1 atom stereocenters.